The number of ketones is 1. The molecule has 1 aliphatic carbocycles. The lowest BCUT2D eigenvalue weighted by Crippen LogP contribution is -2.27. The van der Waals surface area contributed by atoms with Gasteiger partial charge >= 0.3 is 0 Å². The lowest BCUT2D eigenvalue weighted by Gasteiger charge is -2.25. The van der Waals surface area contributed by atoms with E-state index in [2.05, 4.69) is 17.0 Å². The van der Waals surface area contributed by atoms with Crippen molar-refractivity contribution in [3.05, 3.63) is 12.7 Å². The van der Waals surface area contributed by atoms with Crippen LogP contribution >= 0.6 is 0 Å². The highest BCUT2D eigenvalue weighted by atomic mass is 16.1. The molecule has 1 heterocycles. The van der Waals surface area contributed by atoms with Crippen molar-refractivity contribution in [1.82, 2.24) is 14.8 Å². The third kappa shape index (κ3) is 1.61. The SMILES string of the molecule is C[C@@H]1CCC(=O)[C@H](n2cncn2)C1. The molecule has 0 aromatic carbocycles. The Morgan fingerprint density at radius 1 is 1.62 bits per heavy atom. The van der Waals surface area contributed by atoms with Gasteiger partial charge in [0.2, 0.25) is 0 Å². The molecule has 0 saturated heterocycles. The molecular weight excluding hydrogens is 166 g/mol. The number of carbonyl (C=O) groups excluding carboxylic acids is 1. The molecule has 0 N–H and O–H groups in total. The number of hydrogen-bond acceptors (Lipinski definition) is 3. The minimum absolute atomic E-state index is 0.0637. The summed E-state index contributed by atoms with van der Waals surface area (Å²) in [6, 6.07) is -0.0637. The highest BCUT2D eigenvalue weighted by Crippen LogP contribution is 2.28. The van der Waals surface area contributed by atoms with Crippen LogP contribution in [0.5, 0.6) is 0 Å². The van der Waals surface area contributed by atoms with Crippen LogP contribution in [0.25, 0.3) is 0 Å². The van der Waals surface area contributed by atoms with E-state index in [-0.39, 0.29) is 6.04 Å². The zero-order chi connectivity index (χ0) is 9.26. The minimum Gasteiger partial charge on any atom is -0.297 e. The Kier molecular flexibility index (Phi) is 2.12. The third-order valence-corrected chi connectivity index (χ3v) is 2.64. The largest absolute Gasteiger partial charge is 0.297 e. The monoisotopic (exact) mass is 179 g/mol. The van der Waals surface area contributed by atoms with Crippen LogP contribution in [0, 0.1) is 5.92 Å². The van der Waals surface area contributed by atoms with Crippen LogP contribution in [0.3, 0.4) is 0 Å². The molecule has 1 aromatic heterocycles. The molecule has 13 heavy (non-hydrogen) atoms. The summed E-state index contributed by atoms with van der Waals surface area (Å²) >= 11 is 0. The van der Waals surface area contributed by atoms with Crippen LogP contribution in [-0.4, -0.2) is 20.5 Å². The van der Waals surface area contributed by atoms with E-state index in [0.29, 0.717) is 18.1 Å². The van der Waals surface area contributed by atoms with Crippen molar-refractivity contribution in [2.75, 3.05) is 0 Å². The van der Waals surface area contributed by atoms with Crippen LogP contribution in [0.2, 0.25) is 0 Å². The normalized spacial score (nSPS) is 29.2. The van der Waals surface area contributed by atoms with E-state index in [1.165, 1.54) is 6.33 Å². The van der Waals surface area contributed by atoms with Gasteiger partial charge in [0.05, 0.1) is 0 Å². The molecule has 0 spiro atoms. The molecule has 0 radical (unpaired) electrons. The van der Waals surface area contributed by atoms with Gasteiger partial charge in [-0.05, 0) is 18.8 Å². The van der Waals surface area contributed by atoms with E-state index in [0.717, 1.165) is 12.8 Å². The van der Waals surface area contributed by atoms with E-state index in [9.17, 15) is 4.79 Å². The Labute approximate surface area is 77.0 Å². The molecular formula is C9H13N3O. The zero-order valence-corrected chi connectivity index (χ0v) is 7.68. The van der Waals surface area contributed by atoms with Gasteiger partial charge in [0.1, 0.15) is 18.7 Å². The summed E-state index contributed by atoms with van der Waals surface area (Å²) in [5, 5.41) is 4.01. The number of nitrogens with zero attached hydrogens (tertiary/aromatic N) is 3. The van der Waals surface area contributed by atoms with Gasteiger partial charge in [0, 0.05) is 6.42 Å². The van der Waals surface area contributed by atoms with Crippen molar-refractivity contribution in [2.24, 2.45) is 5.92 Å². The standard InChI is InChI=1S/C9H13N3O/c1-7-2-3-9(13)8(4-7)12-6-10-5-11-12/h5-8H,2-4H2,1H3/t7-,8-/m1/s1. The van der Waals surface area contributed by atoms with Gasteiger partial charge in [-0.1, -0.05) is 6.92 Å². The van der Waals surface area contributed by atoms with Crippen molar-refractivity contribution in [3.8, 4) is 0 Å². The topological polar surface area (TPSA) is 47.8 Å². The summed E-state index contributed by atoms with van der Waals surface area (Å²) in [4.78, 5) is 15.4. The highest BCUT2D eigenvalue weighted by Gasteiger charge is 2.27. The quantitative estimate of drug-likeness (QED) is 0.651. The van der Waals surface area contributed by atoms with Crippen molar-refractivity contribution < 1.29 is 4.79 Å². The molecule has 0 amide bonds. The van der Waals surface area contributed by atoms with Crippen LogP contribution in [0.1, 0.15) is 32.2 Å². The summed E-state index contributed by atoms with van der Waals surface area (Å²) in [5.41, 5.74) is 0. The third-order valence-electron chi connectivity index (χ3n) is 2.64. The number of aromatic nitrogens is 3. The molecule has 4 nitrogen and oxygen atoms in total. The lowest BCUT2D eigenvalue weighted by atomic mass is 9.86. The van der Waals surface area contributed by atoms with E-state index >= 15 is 0 Å². The van der Waals surface area contributed by atoms with Gasteiger partial charge in [-0.25, -0.2) is 9.67 Å². The van der Waals surface area contributed by atoms with Gasteiger partial charge in [-0.2, -0.15) is 5.10 Å². The Bertz CT molecular complexity index is 294. The first-order chi connectivity index (χ1) is 6.27. The average molecular weight is 179 g/mol. The predicted octanol–water partition coefficient (Wildman–Crippen LogP) is 1.21. The molecule has 2 rings (SSSR count). The van der Waals surface area contributed by atoms with Gasteiger partial charge in [0.25, 0.3) is 0 Å². The first-order valence-corrected chi connectivity index (χ1v) is 4.64. The maximum absolute atomic E-state index is 11.5. The summed E-state index contributed by atoms with van der Waals surface area (Å²) in [7, 11) is 0. The molecule has 70 valence electrons. The van der Waals surface area contributed by atoms with Crippen molar-refractivity contribution >= 4 is 5.78 Å². The number of rotatable bonds is 1. The van der Waals surface area contributed by atoms with E-state index in [1.807, 2.05) is 0 Å². The van der Waals surface area contributed by atoms with Gasteiger partial charge in [-0.3, -0.25) is 4.79 Å². The average Bonchev–Trinajstić information content (AvgIpc) is 2.61. The number of Topliss-reactive ketones (excluding diaryl/α,β-unsaturated/α-hetero) is 1. The van der Waals surface area contributed by atoms with E-state index in [4.69, 9.17) is 0 Å². The Morgan fingerprint density at radius 3 is 3.15 bits per heavy atom. The van der Waals surface area contributed by atoms with Crippen LogP contribution in [0.4, 0.5) is 0 Å². The summed E-state index contributed by atoms with van der Waals surface area (Å²) in [6.07, 6.45) is 5.71. The van der Waals surface area contributed by atoms with Crippen molar-refractivity contribution in [1.29, 1.82) is 0 Å². The second kappa shape index (κ2) is 3.28. The van der Waals surface area contributed by atoms with Gasteiger partial charge in [0.15, 0.2) is 5.78 Å². The van der Waals surface area contributed by atoms with Gasteiger partial charge in [-0.15, -0.1) is 0 Å². The van der Waals surface area contributed by atoms with Crippen molar-refractivity contribution in [3.63, 3.8) is 0 Å². The smallest absolute Gasteiger partial charge is 0.157 e. The zero-order valence-electron chi connectivity index (χ0n) is 7.68. The first kappa shape index (κ1) is 8.41. The fraction of sp³-hybridized carbons (Fsp3) is 0.667. The molecule has 4 heteroatoms. The fourth-order valence-corrected chi connectivity index (χ4v) is 1.82. The van der Waals surface area contributed by atoms with Crippen LogP contribution < -0.4 is 0 Å². The molecule has 0 unspecified atom stereocenters. The molecule has 1 aromatic rings. The van der Waals surface area contributed by atoms with Gasteiger partial charge < -0.3 is 0 Å². The predicted molar refractivity (Wildman–Crippen MR) is 47.1 cm³/mol. The molecule has 2 atom stereocenters. The Morgan fingerprint density at radius 2 is 2.46 bits per heavy atom. The first-order valence-electron chi connectivity index (χ1n) is 4.64. The van der Waals surface area contributed by atoms with E-state index in [1.54, 1.807) is 11.0 Å². The lowest BCUT2D eigenvalue weighted by molar-refractivity contribution is -0.125. The molecule has 1 aliphatic rings. The summed E-state index contributed by atoms with van der Waals surface area (Å²) < 4.78 is 1.68. The summed E-state index contributed by atoms with van der Waals surface area (Å²) in [5.74, 6) is 0.913. The molecule has 1 fully saturated rings. The number of carbonyl (C=O) groups is 1. The van der Waals surface area contributed by atoms with Crippen LogP contribution in [0.15, 0.2) is 12.7 Å². The molecule has 0 aliphatic heterocycles. The van der Waals surface area contributed by atoms with Crippen molar-refractivity contribution in [2.45, 2.75) is 32.2 Å². The maximum Gasteiger partial charge on any atom is 0.157 e. The Hall–Kier alpha value is -1.19. The molecule has 1 saturated carbocycles. The van der Waals surface area contributed by atoms with E-state index < -0.39 is 0 Å². The maximum atomic E-state index is 11.5. The van der Waals surface area contributed by atoms with Crippen LogP contribution in [-0.2, 0) is 4.79 Å². The highest BCUT2D eigenvalue weighted by molar-refractivity contribution is 5.83. The Balaban J connectivity index is 2.17. The fourth-order valence-electron chi connectivity index (χ4n) is 1.82. The minimum atomic E-state index is -0.0637. The number of hydrogen-bond donors (Lipinski definition) is 0. The molecule has 0 bridgehead atoms. The second-order valence-corrected chi connectivity index (χ2v) is 3.74. The summed E-state index contributed by atoms with van der Waals surface area (Å²) in [6.45, 7) is 2.18. The second-order valence-electron chi connectivity index (χ2n) is 3.74.